The largest absolute Gasteiger partial charge is 0.372 e. The lowest BCUT2D eigenvalue weighted by molar-refractivity contribution is -0.486. The third-order valence-electron chi connectivity index (χ3n) is 2.12. The van der Waals surface area contributed by atoms with Crippen molar-refractivity contribution >= 4 is 5.96 Å². The number of hydrogen-bond donors (Lipinski definition) is 3. The molecule has 0 saturated carbocycles. The summed E-state index contributed by atoms with van der Waals surface area (Å²) in [4.78, 5) is 11.3. The lowest BCUT2D eigenvalue weighted by Crippen LogP contribution is -2.56. The molecule has 0 amide bonds. The van der Waals surface area contributed by atoms with Gasteiger partial charge in [0.05, 0.1) is 0 Å². The minimum Gasteiger partial charge on any atom is -0.372 e. The van der Waals surface area contributed by atoms with Gasteiger partial charge in [-0.25, -0.2) is 10.1 Å². The van der Waals surface area contributed by atoms with Gasteiger partial charge in [-0.15, -0.1) is 0 Å². The minimum atomic E-state index is -0.993. The Labute approximate surface area is 80.3 Å². The summed E-state index contributed by atoms with van der Waals surface area (Å²) in [5.74, 6) is -0.308. The van der Waals surface area contributed by atoms with E-state index in [0.29, 0.717) is 13.0 Å². The number of hydrogen-bond acceptors (Lipinski definition) is 4. The number of nitrogens with two attached hydrogens (primary N) is 2. The van der Waals surface area contributed by atoms with Gasteiger partial charge in [-0.3, -0.25) is 0 Å². The molecule has 0 radical (unpaired) electrons. The van der Waals surface area contributed by atoms with Gasteiger partial charge in [0.1, 0.15) is 11.3 Å². The van der Waals surface area contributed by atoms with Crippen LogP contribution in [-0.4, -0.2) is 39.8 Å². The number of hydrazone groups is 1. The number of nitro groups is 1. The van der Waals surface area contributed by atoms with E-state index in [4.69, 9.17) is 11.5 Å². The molecule has 1 rings (SSSR count). The fourth-order valence-electron chi connectivity index (χ4n) is 1.40. The van der Waals surface area contributed by atoms with E-state index in [0.717, 1.165) is 6.42 Å². The zero-order valence-electron chi connectivity index (χ0n) is 7.54. The van der Waals surface area contributed by atoms with Crippen LogP contribution in [0.2, 0.25) is 0 Å². The highest BCUT2D eigenvalue weighted by atomic mass is 16.7. The average Bonchev–Trinajstić information content (AvgIpc) is 2.08. The van der Waals surface area contributed by atoms with Gasteiger partial charge in [-0.2, -0.15) is 0 Å². The van der Waals surface area contributed by atoms with Crippen LogP contribution in [-0.2, 0) is 0 Å². The van der Waals surface area contributed by atoms with Crippen molar-refractivity contribution in [3.05, 3.63) is 10.1 Å². The molecule has 1 aliphatic rings. The van der Waals surface area contributed by atoms with Crippen LogP contribution in [0, 0.1) is 10.1 Å². The fourth-order valence-corrected chi connectivity index (χ4v) is 1.40. The number of likely N-dealkylation sites (tertiary alicyclic amines) is 1. The molecule has 1 aliphatic heterocycles. The van der Waals surface area contributed by atoms with Crippen molar-refractivity contribution in [3.8, 4) is 0 Å². The van der Waals surface area contributed by atoms with Crippen molar-refractivity contribution in [2.75, 3.05) is 6.54 Å². The molecule has 0 aromatic rings. The highest BCUT2D eigenvalue weighted by Crippen LogP contribution is 2.13. The molecular weight excluding hydrogens is 190 g/mol. The van der Waals surface area contributed by atoms with E-state index in [9.17, 15) is 15.2 Å². The molecular formula is C6H13N5O3. The number of guanidine groups is 1. The summed E-state index contributed by atoms with van der Waals surface area (Å²) in [5, 5.41) is 21.6. The predicted octanol–water partition coefficient (Wildman–Crippen LogP) is -1.77. The standard InChI is InChI=1S/C6H13N5O3/c7-4-2-1-3-10(5(4)12)6(8)9-11(13)14/h4-5,12H,1-3,7H2,(H2,8,9). The van der Waals surface area contributed by atoms with Crippen molar-refractivity contribution < 1.29 is 10.1 Å². The Balaban J connectivity index is 2.71. The molecule has 1 heterocycles. The molecule has 1 fully saturated rings. The van der Waals surface area contributed by atoms with Gasteiger partial charge < -0.3 is 21.5 Å². The third-order valence-corrected chi connectivity index (χ3v) is 2.12. The molecule has 1 saturated heterocycles. The average molecular weight is 203 g/mol. The Morgan fingerprint density at radius 1 is 1.71 bits per heavy atom. The van der Waals surface area contributed by atoms with Gasteiger partial charge in [0.15, 0.2) is 5.03 Å². The summed E-state index contributed by atoms with van der Waals surface area (Å²) in [7, 11) is 0. The Kier molecular flexibility index (Phi) is 3.20. The van der Waals surface area contributed by atoms with Crippen molar-refractivity contribution in [1.29, 1.82) is 0 Å². The fraction of sp³-hybridized carbons (Fsp3) is 0.833. The predicted molar refractivity (Wildman–Crippen MR) is 48.5 cm³/mol. The third kappa shape index (κ3) is 2.30. The van der Waals surface area contributed by atoms with Crippen LogP contribution < -0.4 is 11.5 Å². The molecule has 0 spiro atoms. The van der Waals surface area contributed by atoms with Crippen LogP contribution in [0.5, 0.6) is 0 Å². The van der Waals surface area contributed by atoms with Gasteiger partial charge in [0.25, 0.3) is 5.96 Å². The summed E-state index contributed by atoms with van der Waals surface area (Å²) in [6, 6.07) is -0.441. The molecule has 0 aromatic carbocycles. The molecule has 14 heavy (non-hydrogen) atoms. The summed E-state index contributed by atoms with van der Waals surface area (Å²) >= 11 is 0. The Morgan fingerprint density at radius 2 is 2.36 bits per heavy atom. The number of aliphatic hydroxyl groups excluding tert-OH is 1. The van der Waals surface area contributed by atoms with E-state index in [1.165, 1.54) is 4.90 Å². The maximum Gasteiger partial charge on any atom is 0.270 e. The highest BCUT2D eigenvalue weighted by molar-refractivity contribution is 5.77. The Morgan fingerprint density at radius 3 is 2.93 bits per heavy atom. The maximum absolute atomic E-state index is 10.0. The van der Waals surface area contributed by atoms with Gasteiger partial charge in [-0.05, 0) is 12.8 Å². The first-order valence-electron chi connectivity index (χ1n) is 4.21. The summed E-state index contributed by atoms with van der Waals surface area (Å²) in [5.41, 5.74) is 10.9. The minimum absolute atomic E-state index is 0.308. The van der Waals surface area contributed by atoms with Crippen LogP contribution in [0.25, 0.3) is 0 Å². The van der Waals surface area contributed by atoms with Crippen LogP contribution in [0.15, 0.2) is 5.10 Å². The second-order valence-electron chi connectivity index (χ2n) is 3.11. The monoisotopic (exact) mass is 203 g/mol. The highest BCUT2D eigenvalue weighted by Gasteiger charge is 2.29. The van der Waals surface area contributed by atoms with E-state index < -0.39 is 17.3 Å². The van der Waals surface area contributed by atoms with Gasteiger partial charge >= 0.3 is 0 Å². The van der Waals surface area contributed by atoms with Crippen LogP contribution in [0.1, 0.15) is 12.8 Å². The molecule has 2 atom stereocenters. The normalized spacial score (nSPS) is 29.0. The molecule has 0 aliphatic carbocycles. The molecule has 2 unspecified atom stereocenters. The Bertz CT molecular complexity index is 256. The first-order valence-corrected chi connectivity index (χ1v) is 4.21. The molecule has 80 valence electrons. The zero-order chi connectivity index (χ0) is 10.7. The van der Waals surface area contributed by atoms with Crippen LogP contribution in [0.4, 0.5) is 0 Å². The maximum atomic E-state index is 10.0. The molecule has 8 heteroatoms. The number of rotatable bonds is 1. The number of piperidine rings is 1. The van der Waals surface area contributed by atoms with E-state index >= 15 is 0 Å². The SMILES string of the molecule is N/C(=N\[N+](=O)[O-])N1CCCC(N)C1O. The van der Waals surface area contributed by atoms with Crippen molar-refractivity contribution in [2.45, 2.75) is 25.1 Å². The van der Waals surface area contributed by atoms with E-state index in [1.807, 2.05) is 0 Å². The number of nitrogens with zero attached hydrogens (tertiary/aromatic N) is 3. The van der Waals surface area contributed by atoms with E-state index in [-0.39, 0.29) is 5.96 Å². The van der Waals surface area contributed by atoms with Crippen molar-refractivity contribution in [1.82, 2.24) is 4.90 Å². The second kappa shape index (κ2) is 4.20. The summed E-state index contributed by atoms with van der Waals surface area (Å²) in [6.45, 7) is 0.429. The summed E-state index contributed by atoms with van der Waals surface area (Å²) in [6.07, 6.45) is 0.405. The molecule has 0 bridgehead atoms. The van der Waals surface area contributed by atoms with Gasteiger partial charge in [0.2, 0.25) is 0 Å². The number of aliphatic hydroxyl groups is 1. The van der Waals surface area contributed by atoms with Crippen molar-refractivity contribution in [3.63, 3.8) is 0 Å². The molecule has 5 N–H and O–H groups in total. The molecule has 8 nitrogen and oxygen atoms in total. The van der Waals surface area contributed by atoms with Crippen LogP contribution in [0.3, 0.4) is 0 Å². The molecule has 0 aromatic heterocycles. The summed E-state index contributed by atoms with van der Waals surface area (Å²) < 4.78 is 0. The van der Waals surface area contributed by atoms with Gasteiger partial charge in [0, 0.05) is 12.6 Å². The topological polar surface area (TPSA) is 131 Å². The Hall–Kier alpha value is -1.41. The van der Waals surface area contributed by atoms with Gasteiger partial charge in [-0.1, -0.05) is 0 Å². The first kappa shape index (κ1) is 10.7. The van der Waals surface area contributed by atoms with E-state index in [1.54, 1.807) is 0 Å². The lowest BCUT2D eigenvalue weighted by atomic mass is 10.1. The smallest absolute Gasteiger partial charge is 0.270 e. The van der Waals surface area contributed by atoms with Crippen LogP contribution >= 0.6 is 0 Å². The second-order valence-corrected chi connectivity index (χ2v) is 3.11. The van der Waals surface area contributed by atoms with E-state index in [2.05, 4.69) is 5.10 Å². The quantitative estimate of drug-likeness (QED) is 0.200. The first-order chi connectivity index (χ1) is 6.52. The van der Waals surface area contributed by atoms with Crippen molar-refractivity contribution in [2.24, 2.45) is 16.6 Å². The lowest BCUT2D eigenvalue weighted by Gasteiger charge is -2.35. The zero-order valence-corrected chi connectivity index (χ0v) is 7.54.